The molecule has 3 rings (SSSR count). The molecule has 134 valence electrons. The van der Waals surface area contributed by atoms with Crippen LogP contribution in [0.4, 0.5) is 0 Å². The van der Waals surface area contributed by atoms with E-state index in [-0.39, 0.29) is 12.3 Å². The molecule has 0 bridgehead atoms. The van der Waals surface area contributed by atoms with Crippen LogP contribution in [-0.4, -0.2) is 29.3 Å². The predicted molar refractivity (Wildman–Crippen MR) is 98.0 cm³/mol. The quantitative estimate of drug-likeness (QED) is 0.655. The van der Waals surface area contributed by atoms with Gasteiger partial charge in [0.05, 0.1) is 23.6 Å². The number of para-hydroxylation sites is 1. The third-order valence-electron chi connectivity index (χ3n) is 3.57. The molecule has 1 amide bonds. The van der Waals surface area contributed by atoms with E-state index in [2.05, 4.69) is 15.5 Å². The summed E-state index contributed by atoms with van der Waals surface area (Å²) in [6.45, 7) is 0.737. The number of ether oxygens (including phenoxy) is 1. The van der Waals surface area contributed by atoms with Crippen molar-refractivity contribution >= 4 is 17.5 Å². The van der Waals surface area contributed by atoms with Crippen molar-refractivity contribution < 1.29 is 13.9 Å². The van der Waals surface area contributed by atoms with Gasteiger partial charge in [-0.25, -0.2) is 0 Å². The minimum Gasteiger partial charge on any atom is -0.493 e. The van der Waals surface area contributed by atoms with Gasteiger partial charge in [-0.1, -0.05) is 41.9 Å². The Morgan fingerprint density at radius 1 is 1.08 bits per heavy atom. The molecule has 0 radical (unpaired) electrons. The van der Waals surface area contributed by atoms with Gasteiger partial charge in [0.1, 0.15) is 5.75 Å². The van der Waals surface area contributed by atoms with Crippen LogP contribution in [0.5, 0.6) is 5.75 Å². The molecule has 0 saturated carbocycles. The number of hydrogen-bond acceptors (Lipinski definition) is 5. The van der Waals surface area contributed by atoms with Crippen LogP contribution in [-0.2, 0) is 11.2 Å². The van der Waals surface area contributed by atoms with Crippen molar-refractivity contribution in [1.82, 2.24) is 15.5 Å². The van der Waals surface area contributed by atoms with E-state index in [1.165, 1.54) is 0 Å². The normalized spacial score (nSPS) is 10.5. The second-order valence-corrected chi connectivity index (χ2v) is 5.90. The van der Waals surface area contributed by atoms with E-state index in [9.17, 15) is 4.79 Å². The molecule has 0 fully saturated rings. The predicted octanol–water partition coefficient (Wildman–Crippen LogP) is 3.52. The number of carbonyl (C=O) groups is 1. The number of rotatable bonds is 8. The number of hydrogen-bond donors (Lipinski definition) is 1. The van der Waals surface area contributed by atoms with Crippen LogP contribution in [0.25, 0.3) is 11.5 Å². The number of nitrogens with one attached hydrogen (secondary N) is 1. The van der Waals surface area contributed by atoms with Crippen molar-refractivity contribution in [3.8, 4) is 17.2 Å². The first-order valence-corrected chi connectivity index (χ1v) is 8.62. The molecule has 0 aliphatic rings. The van der Waals surface area contributed by atoms with Crippen LogP contribution in [0.15, 0.2) is 59.0 Å². The molecule has 2 aromatic carbocycles. The first-order valence-electron chi connectivity index (χ1n) is 8.24. The van der Waals surface area contributed by atoms with E-state index >= 15 is 0 Å². The zero-order chi connectivity index (χ0) is 18.2. The van der Waals surface area contributed by atoms with Gasteiger partial charge in [0.15, 0.2) is 0 Å². The summed E-state index contributed by atoms with van der Waals surface area (Å²) < 4.78 is 11.1. The molecule has 0 aliphatic heterocycles. The van der Waals surface area contributed by atoms with Crippen LogP contribution >= 0.6 is 11.6 Å². The van der Waals surface area contributed by atoms with Crippen molar-refractivity contribution in [3.63, 3.8) is 0 Å². The highest BCUT2D eigenvalue weighted by Gasteiger charge is 2.11. The van der Waals surface area contributed by atoms with Gasteiger partial charge >= 0.3 is 0 Å². The monoisotopic (exact) mass is 371 g/mol. The molecule has 1 N–H and O–H groups in total. The number of amides is 1. The molecular weight excluding hydrogens is 354 g/mol. The van der Waals surface area contributed by atoms with Gasteiger partial charge in [-0.2, -0.15) is 0 Å². The third-order valence-corrected chi connectivity index (χ3v) is 3.90. The lowest BCUT2D eigenvalue weighted by Gasteiger charge is -2.06. The molecule has 0 saturated heterocycles. The standard InChI is InChI=1S/C19H18ClN3O3/c20-16-9-5-4-8-15(16)19-23-22-18(26-19)10-12-21-17(24)11-13-25-14-6-2-1-3-7-14/h1-9H,10-13H2,(H,21,24). The van der Waals surface area contributed by atoms with E-state index in [4.69, 9.17) is 20.8 Å². The van der Waals surface area contributed by atoms with Crippen molar-refractivity contribution in [2.45, 2.75) is 12.8 Å². The Bertz CT molecular complexity index is 852. The van der Waals surface area contributed by atoms with E-state index in [0.29, 0.717) is 41.9 Å². The summed E-state index contributed by atoms with van der Waals surface area (Å²) >= 11 is 6.11. The van der Waals surface area contributed by atoms with Crippen LogP contribution < -0.4 is 10.1 Å². The fourth-order valence-electron chi connectivity index (χ4n) is 2.27. The smallest absolute Gasteiger partial charge is 0.249 e. The largest absolute Gasteiger partial charge is 0.493 e. The SMILES string of the molecule is O=C(CCOc1ccccc1)NCCc1nnc(-c2ccccc2Cl)o1. The van der Waals surface area contributed by atoms with Gasteiger partial charge < -0.3 is 14.5 Å². The average Bonchev–Trinajstić information content (AvgIpc) is 3.12. The van der Waals surface area contributed by atoms with Crippen molar-refractivity contribution in [3.05, 3.63) is 65.5 Å². The lowest BCUT2D eigenvalue weighted by molar-refractivity contribution is -0.121. The minimum atomic E-state index is -0.0910. The van der Waals surface area contributed by atoms with Gasteiger partial charge in [-0.3, -0.25) is 4.79 Å². The van der Waals surface area contributed by atoms with Crippen molar-refractivity contribution in [1.29, 1.82) is 0 Å². The maximum absolute atomic E-state index is 11.8. The van der Waals surface area contributed by atoms with E-state index < -0.39 is 0 Å². The Hall–Kier alpha value is -2.86. The molecule has 1 aromatic heterocycles. The lowest BCUT2D eigenvalue weighted by Crippen LogP contribution is -2.27. The van der Waals surface area contributed by atoms with Gasteiger partial charge in [-0.15, -0.1) is 10.2 Å². The minimum absolute atomic E-state index is 0.0910. The summed E-state index contributed by atoms with van der Waals surface area (Å²) in [7, 11) is 0. The molecule has 6 nitrogen and oxygen atoms in total. The van der Waals surface area contributed by atoms with Gasteiger partial charge in [-0.05, 0) is 24.3 Å². The summed E-state index contributed by atoms with van der Waals surface area (Å²) in [6, 6.07) is 16.6. The molecule has 0 spiro atoms. The second-order valence-electron chi connectivity index (χ2n) is 5.49. The molecular formula is C19H18ClN3O3. The summed E-state index contributed by atoms with van der Waals surface area (Å²) in [5, 5.41) is 11.3. The fourth-order valence-corrected chi connectivity index (χ4v) is 2.49. The summed E-state index contributed by atoms with van der Waals surface area (Å²) in [4.78, 5) is 11.8. The second kappa shape index (κ2) is 9.01. The van der Waals surface area contributed by atoms with E-state index in [0.717, 1.165) is 5.75 Å². The van der Waals surface area contributed by atoms with Crippen LogP contribution in [0.1, 0.15) is 12.3 Å². The molecule has 0 atom stereocenters. The summed E-state index contributed by atoms with van der Waals surface area (Å²) in [5.74, 6) is 1.47. The van der Waals surface area contributed by atoms with Crippen molar-refractivity contribution in [2.24, 2.45) is 0 Å². The van der Waals surface area contributed by atoms with Gasteiger partial charge in [0, 0.05) is 13.0 Å². The Labute approximate surface area is 156 Å². The van der Waals surface area contributed by atoms with Gasteiger partial charge in [0.25, 0.3) is 0 Å². The number of aromatic nitrogens is 2. The lowest BCUT2D eigenvalue weighted by atomic mass is 10.2. The Morgan fingerprint density at radius 3 is 2.65 bits per heavy atom. The Balaban J connectivity index is 1.40. The highest BCUT2D eigenvalue weighted by Crippen LogP contribution is 2.26. The molecule has 0 unspecified atom stereocenters. The van der Waals surface area contributed by atoms with Crippen LogP contribution in [0.3, 0.4) is 0 Å². The molecule has 1 heterocycles. The first kappa shape index (κ1) is 17.9. The topological polar surface area (TPSA) is 77.2 Å². The molecule has 7 heteroatoms. The van der Waals surface area contributed by atoms with Crippen molar-refractivity contribution in [2.75, 3.05) is 13.2 Å². The fraction of sp³-hybridized carbons (Fsp3) is 0.211. The number of halogens is 1. The third kappa shape index (κ3) is 5.07. The summed E-state index contributed by atoms with van der Waals surface area (Å²) in [5.41, 5.74) is 0.690. The molecule has 26 heavy (non-hydrogen) atoms. The Kier molecular flexibility index (Phi) is 6.22. The van der Waals surface area contributed by atoms with Gasteiger partial charge in [0.2, 0.25) is 17.7 Å². The van der Waals surface area contributed by atoms with Crippen LogP contribution in [0, 0.1) is 0 Å². The molecule has 3 aromatic rings. The zero-order valence-electron chi connectivity index (χ0n) is 14.0. The molecule has 0 aliphatic carbocycles. The first-order chi connectivity index (χ1) is 12.7. The van der Waals surface area contributed by atoms with E-state index in [1.807, 2.05) is 48.5 Å². The number of benzene rings is 2. The zero-order valence-corrected chi connectivity index (χ0v) is 14.8. The van der Waals surface area contributed by atoms with Crippen LogP contribution in [0.2, 0.25) is 5.02 Å². The summed E-state index contributed by atoms with van der Waals surface area (Å²) in [6.07, 6.45) is 0.729. The maximum atomic E-state index is 11.8. The average molecular weight is 372 g/mol. The Morgan fingerprint density at radius 2 is 1.85 bits per heavy atom. The number of nitrogens with zero attached hydrogens (tertiary/aromatic N) is 2. The van der Waals surface area contributed by atoms with E-state index in [1.54, 1.807) is 6.07 Å². The maximum Gasteiger partial charge on any atom is 0.249 e. The highest BCUT2D eigenvalue weighted by atomic mass is 35.5. The highest BCUT2D eigenvalue weighted by molar-refractivity contribution is 6.33. The number of carbonyl (C=O) groups excluding carboxylic acids is 1.